The molecule has 0 unspecified atom stereocenters. The van der Waals surface area contributed by atoms with E-state index in [-0.39, 0.29) is 36.9 Å². The van der Waals surface area contributed by atoms with E-state index in [0.29, 0.717) is 24.2 Å². The van der Waals surface area contributed by atoms with E-state index < -0.39 is 22.7 Å². The minimum atomic E-state index is -0.928. The molecular formula is C25H23F2N5O3. The number of aromatic nitrogens is 3. The molecule has 1 aliphatic heterocycles. The normalized spacial score (nSPS) is 15.8. The zero-order valence-corrected chi connectivity index (χ0v) is 19.6. The van der Waals surface area contributed by atoms with E-state index in [2.05, 4.69) is 16.2 Å². The number of aryl methyl sites for hydroxylation is 1. The number of hydrogen-bond acceptors (Lipinski definition) is 6. The first-order valence-corrected chi connectivity index (χ1v) is 11.1. The molecular weight excluding hydrogens is 456 g/mol. The molecule has 35 heavy (non-hydrogen) atoms. The summed E-state index contributed by atoms with van der Waals surface area (Å²) in [4.78, 5) is 19.4. The molecule has 180 valence electrons. The summed E-state index contributed by atoms with van der Waals surface area (Å²) in [6.07, 6.45) is 4.55. The molecule has 8 nitrogen and oxygen atoms in total. The smallest absolute Gasteiger partial charge is 0.238 e. The molecule has 3 heterocycles. The number of nitrogens with zero attached hydrogens (tertiary/aromatic N) is 5. The van der Waals surface area contributed by atoms with Gasteiger partial charge in [-0.15, -0.1) is 0 Å². The maximum atomic E-state index is 15.4. The maximum absolute atomic E-state index is 15.4. The first kappa shape index (κ1) is 22.9. The molecule has 3 aromatic rings. The Kier molecular flexibility index (Phi) is 5.52. The summed E-state index contributed by atoms with van der Waals surface area (Å²) in [5, 5.41) is 13.3. The molecule has 1 fully saturated rings. The summed E-state index contributed by atoms with van der Waals surface area (Å²) in [6.45, 7) is 1.83. The van der Waals surface area contributed by atoms with Gasteiger partial charge in [-0.3, -0.25) is 14.5 Å². The van der Waals surface area contributed by atoms with Crippen molar-refractivity contribution in [2.45, 2.75) is 44.9 Å². The summed E-state index contributed by atoms with van der Waals surface area (Å²) in [5.41, 5.74) is 2.47. The molecule has 0 radical (unpaired) electrons. The zero-order chi connectivity index (χ0) is 24.9. The molecule has 0 N–H and O–H groups in total. The summed E-state index contributed by atoms with van der Waals surface area (Å²) >= 11 is 0. The topological polar surface area (TPSA) is 93.3 Å². The summed E-state index contributed by atoms with van der Waals surface area (Å²) in [7, 11) is 2.70. The maximum Gasteiger partial charge on any atom is 0.238 e. The third kappa shape index (κ3) is 3.54. The highest BCUT2D eigenvalue weighted by Gasteiger charge is 2.57. The fraction of sp³-hybridized carbons (Fsp3) is 0.360. The number of pyridine rings is 1. The quantitative estimate of drug-likeness (QED) is 0.534. The second kappa shape index (κ2) is 8.43. The third-order valence-electron chi connectivity index (χ3n) is 6.70. The number of methoxy groups -OCH3 is 2. The van der Waals surface area contributed by atoms with Crippen molar-refractivity contribution in [1.29, 1.82) is 5.26 Å². The van der Waals surface area contributed by atoms with E-state index >= 15 is 8.78 Å². The predicted octanol–water partition coefficient (Wildman–Crippen LogP) is 3.79. The highest BCUT2D eigenvalue weighted by atomic mass is 19.1. The van der Waals surface area contributed by atoms with E-state index in [4.69, 9.17) is 14.7 Å². The highest BCUT2D eigenvalue weighted by molar-refractivity contribution is 6.05. The zero-order valence-electron chi connectivity index (χ0n) is 19.6. The van der Waals surface area contributed by atoms with Crippen LogP contribution in [0.2, 0.25) is 0 Å². The number of carbonyl (C=O) groups excluding carboxylic acids is 1. The molecule has 10 heteroatoms. The van der Waals surface area contributed by atoms with Crippen LogP contribution in [0.1, 0.15) is 35.2 Å². The van der Waals surface area contributed by atoms with Gasteiger partial charge in [0.2, 0.25) is 5.91 Å². The number of amides is 1. The van der Waals surface area contributed by atoms with Gasteiger partial charge >= 0.3 is 0 Å². The standard InChI is InChI=1S/C25H23F2N5O3/c1-14-17(12-31(30-14)7-6-28)19-9-18-16(10-29-19)11-32(24(33)25(18)4-5-25)23-21(26)15(13-34-2)8-20(35-3)22(23)27/h8-10,12H,4-5,7,11,13H2,1-3H3. The molecule has 2 aliphatic rings. The van der Waals surface area contributed by atoms with Crippen LogP contribution in [-0.4, -0.2) is 34.9 Å². The van der Waals surface area contributed by atoms with Gasteiger partial charge in [-0.25, -0.2) is 8.78 Å². The number of benzene rings is 1. The van der Waals surface area contributed by atoms with Gasteiger partial charge in [0.1, 0.15) is 12.2 Å². The SMILES string of the molecule is COCc1cc(OC)c(F)c(N2Cc3cnc(-c4cn(CC#N)nc4C)cc3C3(CC3)C2=O)c1F. The van der Waals surface area contributed by atoms with E-state index in [0.717, 1.165) is 16.7 Å². The molecule has 1 aliphatic carbocycles. The molecule has 0 atom stereocenters. The van der Waals surface area contributed by atoms with Crippen molar-refractivity contribution in [2.24, 2.45) is 0 Å². The fourth-order valence-electron chi connectivity index (χ4n) is 4.83. The van der Waals surface area contributed by atoms with Crippen molar-refractivity contribution in [2.75, 3.05) is 19.1 Å². The Morgan fingerprint density at radius 2 is 2.00 bits per heavy atom. The summed E-state index contributed by atoms with van der Waals surface area (Å²) < 4.78 is 42.4. The minimum absolute atomic E-state index is 0.0245. The van der Waals surface area contributed by atoms with Crippen LogP contribution in [0, 0.1) is 29.9 Å². The van der Waals surface area contributed by atoms with Gasteiger partial charge in [0.15, 0.2) is 17.4 Å². The largest absolute Gasteiger partial charge is 0.494 e. The Hall–Kier alpha value is -3.84. The van der Waals surface area contributed by atoms with E-state index in [1.54, 1.807) is 12.4 Å². The lowest BCUT2D eigenvalue weighted by molar-refractivity contribution is -0.121. The minimum Gasteiger partial charge on any atom is -0.494 e. The molecule has 1 spiro atoms. The number of ether oxygens (including phenoxy) is 2. The van der Waals surface area contributed by atoms with Crippen LogP contribution in [0.15, 0.2) is 24.5 Å². The van der Waals surface area contributed by atoms with E-state index in [1.165, 1.54) is 29.9 Å². The number of nitriles is 1. The first-order valence-electron chi connectivity index (χ1n) is 11.1. The van der Waals surface area contributed by atoms with Crippen LogP contribution in [0.25, 0.3) is 11.3 Å². The molecule has 5 rings (SSSR count). The molecule has 1 saturated carbocycles. The molecule has 0 bridgehead atoms. The number of carbonyl (C=O) groups is 1. The van der Waals surface area contributed by atoms with Gasteiger partial charge in [-0.05, 0) is 43.0 Å². The van der Waals surface area contributed by atoms with Crippen molar-refractivity contribution in [3.8, 4) is 23.1 Å². The second-order valence-corrected chi connectivity index (χ2v) is 8.83. The van der Waals surface area contributed by atoms with Crippen LogP contribution in [0.4, 0.5) is 14.5 Å². The monoisotopic (exact) mass is 479 g/mol. The van der Waals surface area contributed by atoms with Crippen LogP contribution in [0.5, 0.6) is 5.75 Å². The molecule has 2 aromatic heterocycles. The average Bonchev–Trinajstić information content (AvgIpc) is 3.56. The van der Waals surface area contributed by atoms with Crippen molar-refractivity contribution < 1.29 is 23.0 Å². The second-order valence-electron chi connectivity index (χ2n) is 8.83. The molecule has 1 aromatic carbocycles. The number of fused-ring (bicyclic) bond motifs is 2. The molecule has 1 amide bonds. The van der Waals surface area contributed by atoms with Crippen LogP contribution in [0.3, 0.4) is 0 Å². The van der Waals surface area contributed by atoms with Gasteiger partial charge in [-0.2, -0.15) is 10.4 Å². The average molecular weight is 479 g/mol. The summed E-state index contributed by atoms with van der Waals surface area (Å²) in [6, 6.07) is 5.17. The number of hydrogen-bond donors (Lipinski definition) is 0. The van der Waals surface area contributed by atoms with Gasteiger partial charge in [-0.1, -0.05) is 0 Å². The Morgan fingerprint density at radius 3 is 2.66 bits per heavy atom. The lowest BCUT2D eigenvalue weighted by atomic mass is 9.85. The lowest BCUT2D eigenvalue weighted by Crippen LogP contribution is -2.45. The summed E-state index contributed by atoms with van der Waals surface area (Å²) in [5.74, 6) is -2.28. The first-order chi connectivity index (χ1) is 16.8. The van der Waals surface area contributed by atoms with E-state index in [9.17, 15) is 4.79 Å². The van der Waals surface area contributed by atoms with Gasteiger partial charge in [0.25, 0.3) is 0 Å². The number of anilines is 1. The highest BCUT2D eigenvalue weighted by Crippen LogP contribution is 2.55. The Labute approximate surface area is 200 Å². The number of rotatable bonds is 6. The predicted molar refractivity (Wildman–Crippen MR) is 122 cm³/mol. The lowest BCUT2D eigenvalue weighted by Gasteiger charge is -2.35. The van der Waals surface area contributed by atoms with Crippen molar-refractivity contribution >= 4 is 11.6 Å². The van der Waals surface area contributed by atoms with Crippen LogP contribution in [-0.2, 0) is 34.6 Å². The van der Waals surface area contributed by atoms with Crippen molar-refractivity contribution in [1.82, 2.24) is 14.8 Å². The fourth-order valence-corrected chi connectivity index (χ4v) is 4.83. The van der Waals surface area contributed by atoms with Crippen molar-refractivity contribution in [3.63, 3.8) is 0 Å². The Bertz CT molecular complexity index is 1390. The Balaban J connectivity index is 1.60. The third-order valence-corrected chi connectivity index (χ3v) is 6.70. The van der Waals surface area contributed by atoms with Crippen LogP contribution >= 0.6 is 0 Å². The Morgan fingerprint density at radius 1 is 1.23 bits per heavy atom. The van der Waals surface area contributed by atoms with Crippen molar-refractivity contribution in [3.05, 3.63) is 58.5 Å². The molecule has 0 saturated heterocycles. The van der Waals surface area contributed by atoms with Gasteiger partial charge in [0.05, 0.1) is 43.1 Å². The number of halogens is 2. The van der Waals surface area contributed by atoms with Gasteiger partial charge in [0, 0.05) is 30.6 Å². The van der Waals surface area contributed by atoms with E-state index in [1.807, 2.05) is 13.0 Å². The van der Waals surface area contributed by atoms with Crippen LogP contribution < -0.4 is 9.64 Å². The van der Waals surface area contributed by atoms with Gasteiger partial charge < -0.3 is 14.4 Å².